The molecule has 0 saturated heterocycles. The zero-order valence-corrected chi connectivity index (χ0v) is 10.1. The highest BCUT2D eigenvalue weighted by atomic mass is 15.4. The number of H-pyrrole nitrogens is 1. The van der Waals surface area contributed by atoms with Gasteiger partial charge in [-0.05, 0) is 22.6 Å². The van der Waals surface area contributed by atoms with Crippen molar-refractivity contribution < 1.29 is 0 Å². The largest absolute Gasteiger partial charge is 0.355 e. The Bertz CT molecular complexity index is 702. The first-order chi connectivity index (χ1) is 9.45. The van der Waals surface area contributed by atoms with Crippen molar-refractivity contribution in [2.75, 3.05) is 0 Å². The average Bonchev–Trinajstić information content (AvgIpc) is 2.88. The van der Waals surface area contributed by atoms with E-state index in [2.05, 4.69) is 74.1 Å². The van der Waals surface area contributed by atoms with Crippen LogP contribution in [0.5, 0.6) is 0 Å². The van der Waals surface area contributed by atoms with Gasteiger partial charge in [-0.25, -0.2) is 0 Å². The Kier molecular flexibility index (Phi) is 3.10. The van der Waals surface area contributed by atoms with E-state index in [4.69, 9.17) is 0 Å². The fourth-order valence-corrected chi connectivity index (χ4v) is 1.96. The van der Waals surface area contributed by atoms with Gasteiger partial charge in [0.1, 0.15) is 0 Å². The van der Waals surface area contributed by atoms with Crippen molar-refractivity contribution in [3.8, 4) is 0 Å². The highest BCUT2D eigenvalue weighted by Gasteiger charge is 2.00. The van der Waals surface area contributed by atoms with E-state index in [0.717, 1.165) is 0 Å². The van der Waals surface area contributed by atoms with Crippen LogP contribution in [0.2, 0.25) is 0 Å². The molecule has 0 spiro atoms. The van der Waals surface area contributed by atoms with Gasteiger partial charge in [0.15, 0.2) is 0 Å². The van der Waals surface area contributed by atoms with Crippen molar-refractivity contribution in [3.63, 3.8) is 0 Å². The molecule has 0 aliphatic carbocycles. The van der Waals surface area contributed by atoms with E-state index < -0.39 is 0 Å². The summed E-state index contributed by atoms with van der Waals surface area (Å²) in [4.78, 5) is 3.38. The van der Waals surface area contributed by atoms with Crippen molar-refractivity contribution in [2.24, 2.45) is 0 Å². The van der Waals surface area contributed by atoms with E-state index in [9.17, 15) is 0 Å². The second kappa shape index (κ2) is 5.22. The Morgan fingerprint density at radius 1 is 0.632 bits per heavy atom. The lowest BCUT2D eigenvalue weighted by atomic mass is 10.2. The highest BCUT2D eigenvalue weighted by Crippen LogP contribution is 2.24. The number of hydrogen-bond acceptors (Lipinski definition) is 4. The molecule has 19 heavy (non-hydrogen) atoms. The number of nitrogens with one attached hydrogen (secondary N) is 1. The van der Waals surface area contributed by atoms with Crippen molar-refractivity contribution >= 4 is 21.8 Å². The summed E-state index contributed by atoms with van der Waals surface area (Å²) in [6, 6.07) is 16.8. The van der Waals surface area contributed by atoms with Crippen molar-refractivity contribution in [3.05, 3.63) is 60.9 Å². The fraction of sp³-hybridized carbons (Fsp3) is 0. The van der Waals surface area contributed by atoms with Gasteiger partial charge in [-0.3, -0.25) is 0 Å². The molecule has 5 nitrogen and oxygen atoms in total. The third-order valence-corrected chi connectivity index (χ3v) is 2.76. The number of hydrogen-bond donors (Lipinski definition) is 1. The Labute approximate surface area is 109 Å². The summed E-state index contributed by atoms with van der Waals surface area (Å²) in [5, 5.41) is 15.7. The first kappa shape index (κ1) is 11.3. The molecule has 2 aromatic heterocycles. The molecule has 0 amide bonds. The molecule has 4 aromatic rings. The van der Waals surface area contributed by atoms with E-state index in [1.807, 2.05) is 0 Å². The van der Waals surface area contributed by atoms with Gasteiger partial charge < -0.3 is 4.98 Å². The molecule has 0 radical (unpaired) electrons. The minimum atomic E-state index is 1.21. The Balaban J connectivity index is 0.000000155. The second-order valence-corrected chi connectivity index (χ2v) is 3.92. The maximum Gasteiger partial charge on any atom is 0.0716 e. The molecule has 0 bridgehead atoms. The lowest BCUT2D eigenvalue weighted by Crippen LogP contribution is -1.84. The monoisotopic (exact) mass is 249 g/mol. The predicted molar refractivity (Wildman–Crippen MR) is 73.4 cm³/mol. The predicted octanol–water partition coefficient (Wildman–Crippen LogP) is 2.59. The van der Waals surface area contributed by atoms with Crippen LogP contribution in [0, 0.1) is 0 Å². The maximum absolute atomic E-state index is 3.38. The number of fused-ring (bicyclic) bond motifs is 3. The van der Waals surface area contributed by atoms with Gasteiger partial charge in [0.25, 0.3) is 0 Å². The van der Waals surface area contributed by atoms with Crippen LogP contribution in [0.1, 0.15) is 0 Å². The molecular weight excluding hydrogens is 238 g/mol. The van der Waals surface area contributed by atoms with Gasteiger partial charge in [0, 0.05) is 21.8 Å². The van der Waals surface area contributed by atoms with Gasteiger partial charge in [-0.15, -0.1) is 10.2 Å². The first-order valence-corrected chi connectivity index (χ1v) is 5.85. The van der Waals surface area contributed by atoms with E-state index in [1.165, 1.54) is 34.2 Å². The summed E-state index contributed by atoms with van der Waals surface area (Å²) in [7, 11) is 0. The third-order valence-electron chi connectivity index (χ3n) is 2.76. The molecule has 0 atom stereocenters. The number of aromatic amines is 1. The Hall–Kier alpha value is -2.82. The van der Waals surface area contributed by atoms with Crippen LogP contribution in [0.3, 0.4) is 0 Å². The average molecular weight is 249 g/mol. The molecule has 2 heterocycles. The molecule has 0 unspecified atom stereocenters. The highest BCUT2D eigenvalue weighted by molar-refractivity contribution is 6.06. The van der Waals surface area contributed by atoms with Crippen LogP contribution in [-0.2, 0) is 0 Å². The second-order valence-electron chi connectivity index (χ2n) is 3.92. The number of aromatic nitrogens is 5. The van der Waals surface area contributed by atoms with E-state index in [0.29, 0.717) is 0 Å². The minimum absolute atomic E-state index is 1.21. The van der Waals surface area contributed by atoms with Gasteiger partial charge in [-0.1, -0.05) is 36.4 Å². The van der Waals surface area contributed by atoms with Gasteiger partial charge in [0.05, 0.1) is 12.4 Å². The molecule has 1 N–H and O–H groups in total. The quantitative estimate of drug-likeness (QED) is 0.520. The van der Waals surface area contributed by atoms with E-state index in [-0.39, 0.29) is 0 Å². The van der Waals surface area contributed by atoms with Crippen LogP contribution in [-0.4, -0.2) is 25.6 Å². The van der Waals surface area contributed by atoms with Crippen molar-refractivity contribution in [1.82, 2.24) is 25.6 Å². The number of benzene rings is 2. The Morgan fingerprint density at radius 2 is 1.11 bits per heavy atom. The molecule has 0 saturated carbocycles. The minimum Gasteiger partial charge on any atom is -0.355 e. The van der Waals surface area contributed by atoms with E-state index in [1.54, 1.807) is 0 Å². The summed E-state index contributed by atoms with van der Waals surface area (Å²) in [5.74, 6) is 0. The molecule has 0 fully saturated rings. The number of para-hydroxylation sites is 2. The summed E-state index contributed by atoms with van der Waals surface area (Å²) >= 11 is 0. The third kappa shape index (κ3) is 2.40. The summed E-state index contributed by atoms with van der Waals surface area (Å²) < 4.78 is 0. The van der Waals surface area contributed by atoms with E-state index >= 15 is 0 Å². The van der Waals surface area contributed by atoms with Crippen LogP contribution >= 0.6 is 0 Å². The summed E-state index contributed by atoms with van der Waals surface area (Å²) in [5.41, 5.74) is 2.42. The lowest BCUT2D eigenvalue weighted by Gasteiger charge is -1.87. The van der Waals surface area contributed by atoms with Crippen molar-refractivity contribution in [2.45, 2.75) is 0 Å². The molecule has 2 aromatic carbocycles. The smallest absolute Gasteiger partial charge is 0.0716 e. The molecule has 0 aliphatic heterocycles. The fourth-order valence-electron chi connectivity index (χ4n) is 1.96. The molecule has 92 valence electrons. The SMILES string of the molecule is c1ccc2c(c1)[nH]c1ccccc12.c1cnnnn1. The zero-order valence-electron chi connectivity index (χ0n) is 10.1. The van der Waals surface area contributed by atoms with Crippen LogP contribution in [0.25, 0.3) is 21.8 Å². The van der Waals surface area contributed by atoms with Crippen molar-refractivity contribution in [1.29, 1.82) is 0 Å². The Morgan fingerprint density at radius 3 is 1.53 bits per heavy atom. The van der Waals surface area contributed by atoms with Crippen LogP contribution in [0.15, 0.2) is 60.9 Å². The molecule has 0 aliphatic rings. The lowest BCUT2D eigenvalue weighted by molar-refractivity contribution is 0.761. The molecular formula is C14H11N5. The van der Waals surface area contributed by atoms with Crippen LogP contribution in [0.4, 0.5) is 0 Å². The molecule has 5 heteroatoms. The topological polar surface area (TPSA) is 67.3 Å². The normalized spacial score (nSPS) is 10.1. The summed E-state index contributed by atoms with van der Waals surface area (Å²) in [6.45, 7) is 0. The van der Waals surface area contributed by atoms with Gasteiger partial charge in [-0.2, -0.15) is 0 Å². The van der Waals surface area contributed by atoms with Gasteiger partial charge >= 0.3 is 0 Å². The standard InChI is InChI=1S/C12H9N.C2H2N4/c1-3-7-11-9(5-1)10-6-2-4-8-12(10)13-11;1-2-4-6-5-3-1/h1-8,13H;1-2H. The summed E-state index contributed by atoms with van der Waals surface area (Å²) in [6.07, 6.45) is 2.93. The number of rotatable bonds is 0. The van der Waals surface area contributed by atoms with Gasteiger partial charge in [0.2, 0.25) is 0 Å². The number of nitrogens with zero attached hydrogens (tertiary/aromatic N) is 4. The first-order valence-electron chi connectivity index (χ1n) is 5.85. The zero-order chi connectivity index (χ0) is 12.9. The maximum atomic E-state index is 3.38. The van der Waals surface area contributed by atoms with Crippen LogP contribution < -0.4 is 0 Å². The molecule has 4 rings (SSSR count).